The minimum atomic E-state index is 0.217. The second kappa shape index (κ2) is 7.24. The number of rotatable bonds is 6. The van der Waals surface area contributed by atoms with E-state index in [1.54, 1.807) is 11.8 Å². The number of nitrogens with one attached hydrogen (secondary N) is 2. The van der Waals surface area contributed by atoms with Crippen LogP contribution >= 0.6 is 12.2 Å². The summed E-state index contributed by atoms with van der Waals surface area (Å²) in [5, 5.41) is 11.2. The van der Waals surface area contributed by atoms with E-state index < -0.39 is 0 Å². The quantitative estimate of drug-likeness (QED) is 0.724. The van der Waals surface area contributed by atoms with Crippen molar-refractivity contribution in [2.75, 3.05) is 20.3 Å². The van der Waals surface area contributed by atoms with Crippen LogP contribution in [0.3, 0.4) is 0 Å². The summed E-state index contributed by atoms with van der Waals surface area (Å²) in [7, 11) is 3.59. The molecule has 6 heteroatoms. The maximum Gasteiger partial charge on any atom is 0.166 e. The normalized spacial score (nSPS) is 12.2. The van der Waals surface area contributed by atoms with Crippen LogP contribution in [-0.4, -0.2) is 41.2 Å². The van der Waals surface area contributed by atoms with Gasteiger partial charge in [-0.15, -0.1) is 0 Å². The average Bonchev–Trinajstić information content (AvgIpc) is 2.64. The predicted octanol–water partition coefficient (Wildman–Crippen LogP) is 0.462. The highest BCUT2D eigenvalue weighted by Gasteiger charge is 2.03. The van der Waals surface area contributed by atoms with Gasteiger partial charge in [-0.3, -0.25) is 4.68 Å². The van der Waals surface area contributed by atoms with Crippen molar-refractivity contribution in [3.63, 3.8) is 0 Å². The summed E-state index contributed by atoms with van der Waals surface area (Å²) in [6, 6.07) is 2.22. The third-order valence-corrected chi connectivity index (χ3v) is 2.49. The summed E-state index contributed by atoms with van der Waals surface area (Å²) in [6.45, 7) is 3.45. The van der Waals surface area contributed by atoms with Crippen molar-refractivity contribution in [1.29, 1.82) is 0 Å². The standard InChI is InChI=1S/C11H20N4OS/c1-9(8-16-3)13-11(17)12-6-4-10-5-7-15(2)14-10/h5,7,9H,4,6,8H2,1-3H3,(H2,12,13,17). The van der Waals surface area contributed by atoms with E-state index in [1.807, 2.05) is 26.2 Å². The maximum atomic E-state index is 5.16. The monoisotopic (exact) mass is 256 g/mol. The first-order valence-corrected chi connectivity index (χ1v) is 6.04. The molecule has 0 aromatic carbocycles. The molecular weight excluding hydrogens is 236 g/mol. The summed E-state index contributed by atoms with van der Waals surface area (Å²) in [6.07, 6.45) is 2.80. The lowest BCUT2D eigenvalue weighted by Crippen LogP contribution is -2.43. The molecule has 1 atom stereocenters. The summed E-state index contributed by atoms with van der Waals surface area (Å²) in [4.78, 5) is 0. The number of methoxy groups -OCH3 is 1. The van der Waals surface area contributed by atoms with E-state index in [0.717, 1.165) is 18.7 Å². The van der Waals surface area contributed by atoms with E-state index in [9.17, 15) is 0 Å². The molecule has 0 radical (unpaired) electrons. The van der Waals surface area contributed by atoms with Crippen molar-refractivity contribution in [2.24, 2.45) is 7.05 Å². The molecule has 1 rings (SSSR count). The van der Waals surface area contributed by atoms with Gasteiger partial charge in [0.05, 0.1) is 12.3 Å². The van der Waals surface area contributed by atoms with E-state index in [-0.39, 0.29) is 6.04 Å². The minimum Gasteiger partial charge on any atom is -0.383 e. The van der Waals surface area contributed by atoms with Crippen molar-refractivity contribution >= 4 is 17.3 Å². The first-order chi connectivity index (χ1) is 8.11. The zero-order chi connectivity index (χ0) is 12.7. The van der Waals surface area contributed by atoms with Crippen molar-refractivity contribution in [3.05, 3.63) is 18.0 Å². The summed E-state index contributed by atoms with van der Waals surface area (Å²) < 4.78 is 6.82. The molecule has 17 heavy (non-hydrogen) atoms. The van der Waals surface area contributed by atoms with Crippen LogP contribution in [0.4, 0.5) is 0 Å². The number of nitrogens with zero attached hydrogens (tertiary/aromatic N) is 2. The first kappa shape index (κ1) is 13.9. The van der Waals surface area contributed by atoms with Gasteiger partial charge in [0.1, 0.15) is 0 Å². The Hall–Kier alpha value is -1.14. The lowest BCUT2D eigenvalue weighted by molar-refractivity contribution is 0.179. The zero-order valence-electron chi connectivity index (χ0n) is 10.6. The van der Waals surface area contributed by atoms with Crippen LogP contribution in [0.2, 0.25) is 0 Å². The first-order valence-electron chi connectivity index (χ1n) is 5.63. The number of aryl methyl sites for hydroxylation is 1. The molecule has 0 aliphatic rings. The fraction of sp³-hybridized carbons (Fsp3) is 0.636. The lowest BCUT2D eigenvalue weighted by atomic mass is 10.3. The third kappa shape index (κ3) is 5.65. The molecular formula is C11H20N4OS. The maximum absolute atomic E-state index is 5.16. The molecule has 1 aromatic heterocycles. The predicted molar refractivity (Wildman–Crippen MR) is 72.0 cm³/mol. The summed E-state index contributed by atoms with van der Waals surface area (Å²) in [5.74, 6) is 0. The molecule has 0 saturated carbocycles. The number of aromatic nitrogens is 2. The van der Waals surface area contributed by atoms with E-state index in [2.05, 4.69) is 15.7 Å². The van der Waals surface area contributed by atoms with Crippen molar-refractivity contribution in [1.82, 2.24) is 20.4 Å². The van der Waals surface area contributed by atoms with Gasteiger partial charge < -0.3 is 15.4 Å². The highest BCUT2D eigenvalue weighted by Crippen LogP contribution is 1.93. The number of ether oxygens (including phenoxy) is 1. The van der Waals surface area contributed by atoms with E-state index in [0.29, 0.717) is 11.7 Å². The molecule has 0 amide bonds. The second-order valence-electron chi connectivity index (χ2n) is 3.99. The average molecular weight is 256 g/mol. The van der Waals surface area contributed by atoms with Gasteiger partial charge in [-0.25, -0.2) is 0 Å². The van der Waals surface area contributed by atoms with Crippen molar-refractivity contribution in [2.45, 2.75) is 19.4 Å². The fourth-order valence-corrected chi connectivity index (χ4v) is 1.77. The van der Waals surface area contributed by atoms with Crippen molar-refractivity contribution < 1.29 is 4.74 Å². The molecule has 0 aliphatic heterocycles. The number of hydrogen-bond acceptors (Lipinski definition) is 3. The van der Waals surface area contributed by atoms with E-state index >= 15 is 0 Å². The molecule has 5 nitrogen and oxygen atoms in total. The van der Waals surface area contributed by atoms with Crippen LogP contribution in [0, 0.1) is 0 Å². The van der Waals surface area contributed by atoms with Gasteiger partial charge in [0.2, 0.25) is 0 Å². The Bertz CT molecular complexity index is 353. The largest absolute Gasteiger partial charge is 0.383 e. The Kier molecular flexibility index (Phi) is 5.93. The smallest absolute Gasteiger partial charge is 0.166 e. The second-order valence-corrected chi connectivity index (χ2v) is 4.40. The van der Waals surface area contributed by atoms with Gasteiger partial charge in [0.25, 0.3) is 0 Å². The molecule has 0 fully saturated rings. The van der Waals surface area contributed by atoms with Gasteiger partial charge in [-0.1, -0.05) is 0 Å². The van der Waals surface area contributed by atoms with E-state index in [1.165, 1.54) is 0 Å². The molecule has 0 saturated heterocycles. The lowest BCUT2D eigenvalue weighted by Gasteiger charge is -2.15. The van der Waals surface area contributed by atoms with Gasteiger partial charge in [-0.05, 0) is 25.2 Å². The van der Waals surface area contributed by atoms with Crippen LogP contribution in [0.5, 0.6) is 0 Å². The van der Waals surface area contributed by atoms with Crippen LogP contribution in [0.25, 0.3) is 0 Å². The van der Waals surface area contributed by atoms with Crippen LogP contribution in [0.1, 0.15) is 12.6 Å². The van der Waals surface area contributed by atoms with Gasteiger partial charge in [0.15, 0.2) is 5.11 Å². The van der Waals surface area contributed by atoms with E-state index in [4.69, 9.17) is 17.0 Å². The topological polar surface area (TPSA) is 51.1 Å². The van der Waals surface area contributed by atoms with Gasteiger partial charge >= 0.3 is 0 Å². The summed E-state index contributed by atoms with van der Waals surface area (Å²) in [5.41, 5.74) is 1.06. The molecule has 1 unspecified atom stereocenters. The van der Waals surface area contributed by atoms with Gasteiger partial charge in [0, 0.05) is 39.4 Å². The Morgan fingerprint density at radius 1 is 1.65 bits per heavy atom. The number of hydrogen-bond donors (Lipinski definition) is 2. The molecule has 1 heterocycles. The van der Waals surface area contributed by atoms with Crippen molar-refractivity contribution in [3.8, 4) is 0 Å². The zero-order valence-corrected chi connectivity index (χ0v) is 11.4. The molecule has 2 N–H and O–H groups in total. The molecule has 0 spiro atoms. The minimum absolute atomic E-state index is 0.217. The molecule has 1 aromatic rings. The molecule has 0 bridgehead atoms. The third-order valence-electron chi connectivity index (χ3n) is 2.23. The highest BCUT2D eigenvalue weighted by atomic mass is 32.1. The van der Waals surface area contributed by atoms with Crippen LogP contribution < -0.4 is 10.6 Å². The SMILES string of the molecule is COCC(C)NC(=S)NCCc1ccn(C)n1. The van der Waals surface area contributed by atoms with Gasteiger partial charge in [-0.2, -0.15) is 5.10 Å². The highest BCUT2D eigenvalue weighted by molar-refractivity contribution is 7.80. The Balaban J connectivity index is 2.16. The molecule has 96 valence electrons. The Morgan fingerprint density at radius 3 is 3.00 bits per heavy atom. The van der Waals surface area contributed by atoms with Crippen LogP contribution in [-0.2, 0) is 18.2 Å². The Labute approximate surface area is 108 Å². The Morgan fingerprint density at radius 2 is 2.41 bits per heavy atom. The van der Waals surface area contributed by atoms with Crippen LogP contribution in [0.15, 0.2) is 12.3 Å². The molecule has 0 aliphatic carbocycles. The number of thiocarbonyl (C=S) groups is 1. The summed E-state index contributed by atoms with van der Waals surface area (Å²) >= 11 is 5.16. The fourth-order valence-electron chi connectivity index (χ4n) is 1.47.